The van der Waals surface area contributed by atoms with Crippen molar-refractivity contribution in [2.75, 3.05) is 7.11 Å². The van der Waals surface area contributed by atoms with E-state index in [0.29, 0.717) is 32.6 Å². The molecule has 0 aliphatic heterocycles. The second-order valence-corrected chi connectivity index (χ2v) is 8.58. The normalized spacial score (nSPS) is 11.8. The van der Waals surface area contributed by atoms with Crippen LogP contribution in [0, 0.1) is 17.5 Å². The molecule has 1 N–H and O–H groups in total. The number of nitrogens with one attached hydrogen (secondary N) is 1. The number of carbonyl (C=O) groups is 2. The molecule has 4 aromatic rings. The van der Waals surface area contributed by atoms with Gasteiger partial charge in [-0.3, -0.25) is 9.78 Å². The molecule has 1 unspecified atom stereocenters. The summed E-state index contributed by atoms with van der Waals surface area (Å²) in [5, 5.41) is 3.31. The van der Waals surface area contributed by atoms with Gasteiger partial charge in [-0.05, 0) is 47.5 Å². The maximum absolute atomic E-state index is 14.1. The summed E-state index contributed by atoms with van der Waals surface area (Å²) in [6.45, 7) is 0. The molecule has 5 nitrogen and oxygen atoms in total. The van der Waals surface area contributed by atoms with Gasteiger partial charge in [0.15, 0.2) is 0 Å². The fraction of sp³-hybridized carbons (Fsp3) is 0.115. The topological polar surface area (TPSA) is 68.3 Å². The molecule has 1 atom stereocenters. The lowest BCUT2D eigenvalue weighted by Gasteiger charge is -2.19. The van der Waals surface area contributed by atoms with E-state index in [2.05, 4.69) is 10.3 Å². The predicted octanol–water partition coefficient (Wildman–Crippen LogP) is 6.14. The number of ether oxygens (including phenoxy) is 1. The van der Waals surface area contributed by atoms with Gasteiger partial charge >= 0.3 is 5.97 Å². The Kier molecular flexibility index (Phi) is 7.47. The van der Waals surface area contributed by atoms with E-state index < -0.39 is 40.9 Å². The SMILES string of the molecule is COC(=O)C(Cc1ccc(-c2ccc(F)cc2Cl)c2c(Cl)ccnc12)NC(=O)c1c(F)cccc1F. The third-order valence-electron chi connectivity index (χ3n) is 5.55. The molecule has 36 heavy (non-hydrogen) atoms. The van der Waals surface area contributed by atoms with Crippen LogP contribution in [0.5, 0.6) is 0 Å². The van der Waals surface area contributed by atoms with Crippen LogP contribution in [0.1, 0.15) is 15.9 Å². The van der Waals surface area contributed by atoms with E-state index in [1.807, 2.05) is 0 Å². The standard InChI is InChI=1S/C26H17Cl2F3N2O3/c1-36-26(35)21(33-25(34)23-19(30)3-2-4-20(23)31)11-13-5-7-16(15-8-6-14(29)12-18(15)28)22-17(27)9-10-32-24(13)22/h2-10,12,21H,11H2,1H3,(H,33,34). The van der Waals surface area contributed by atoms with Crippen molar-refractivity contribution in [2.45, 2.75) is 12.5 Å². The highest BCUT2D eigenvalue weighted by Gasteiger charge is 2.27. The first-order valence-electron chi connectivity index (χ1n) is 10.6. The number of esters is 1. The molecular formula is C26H17Cl2F3N2O3. The monoisotopic (exact) mass is 532 g/mol. The number of carbonyl (C=O) groups excluding carboxylic acids is 2. The minimum absolute atomic E-state index is 0.129. The van der Waals surface area contributed by atoms with E-state index in [4.69, 9.17) is 27.9 Å². The Bertz CT molecular complexity index is 1480. The molecule has 0 aliphatic rings. The molecule has 0 saturated heterocycles. The molecule has 10 heteroatoms. The number of benzene rings is 3. The number of amides is 1. The largest absolute Gasteiger partial charge is 0.467 e. The molecule has 0 saturated carbocycles. The molecule has 4 rings (SSSR count). The van der Waals surface area contributed by atoms with Crippen LogP contribution in [-0.4, -0.2) is 30.0 Å². The molecule has 1 amide bonds. The van der Waals surface area contributed by atoms with Crippen LogP contribution in [-0.2, 0) is 16.0 Å². The van der Waals surface area contributed by atoms with Crippen molar-refractivity contribution < 1.29 is 27.5 Å². The van der Waals surface area contributed by atoms with Gasteiger partial charge in [0.05, 0.1) is 22.7 Å². The van der Waals surface area contributed by atoms with Crippen LogP contribution in [0.15, 0.2) is 60.8 Å². The zero-order chi connectivity index (χ0) is 26.0. The Balaban J connectivity index is 1.76. The molecule has 0 radical (unpaired) electrons. The Morgan fingerprint density at radius 2 is 1.67 bits per heavy atom. The van der Waals surface area contributed by atoms with E-state index in [-0.39, 0.29) is 11.4 Å². The first kappa shape index (κ1) is 25.5. The second kappa shape index (κ2) is 10.6. The van der Waals surface area contributed by atoms with Crippen molar-refractivity contribution >= 4 is 46.0 Å². The van der Waals surface area contributed by atoms with Gasteiger partial charge in [0.25, 0.3) is 5.91 Å². The van der Waals surface area contributed by atoms with E-state index in [9.17, 15) is 22.8 Å². The second-order valence-electron chi connectivity index (χ2n) is 7.76. The van der Waals surface area contributed by atoms with Gasteiger partial charge in [-0.15, -0.1) is 0 Å². The highest BCUT2D eigenvalue weighted by Crippen LogP contribution is 2.38. The van der Waals surface area contributed by atoms with E-state index in [1.165, 1.54) is 24.4 Å². The zero-order valence-electron chi connectivity index (χ0n) is 18.6. The molecule has 1 heterocycles. The van der Waals surface area contributed by atoms with Crippen molar-refractivity contribution in [1.29, 1.82) is 0 Å². The van der Waals surface area contributed by atoms with Gasteiger partial charge in [-0.2, -0.15) is 0 Å². The summed E-state index contributed by atoms with van der Waals surface area (Å²) in [6.07, 6.45) is 1.33. The molecular weight excluding hydrogens is 516 g/mol. The minimum atomic E-state index is -1.30. The molecule has 0 fully saturated rings. The number of nitrogens with zero attached hydrogens (tertiary/aromatic N) is 1. The first-order chi connectivity index (χ1) is 17.2. The number of hydrogen-bond donors (Lipinski definition) is 1. The lowest BCUT2D eigenvalue weighted by atomic mass is 9.95. The highest BCUT2D eigenvalue weighted by molar-refractivity contribution is 6.37. The van der Waals surface area contributed by atoms with Gasteiger partial charge < -0.3 is 10.1 Å². The predicted molar refractivity (Wildman–Crippen MR) is 130 cm³/mol. The zero-order valence-corrected chi connectivity index (χ0v) is 20.1. The number of halogens is 5. The number of pyridine rings is 1. The van der Waals surface area contributed by atoms with Gasteiger partial charge in [0, 0.05) is 23.6 Å². The summed E-state index contributed by atoms with van der Waals surface area (Å²) in [6, 6.07) is 10.5. The van der Waals surface area contributed by atoms with Crippen LogP contribution >= 0.6 is 23.2 Å². The Labute approximate surface area is 213 Å². The quantitative estimate of drug-likeness (QED) is 0.303. The van der Waals surface area contributed by atoms with Crippen LogP contribution < -0.4 is 5.32 Å². The van der Waals surface area contributed by atoms with Crippen molar-refractivity contribution in [1.82, 2.24) is 10.3 Å². The van der Waals surface area contributed by atoms with Crippen molar-refractivity contribution in [3.8, 4) is 11.1 Å². The van der Waals surface area contributed by atoms with Crippen molar-refractivity contribution in [2.24, 2.45) is 0 Å². The lowest BCUT2D eigenvalue weighted by Crippen LogP contribution is -2.43. The van der Waals surface area contributed by atoms with E-state index in [1.54, 1.807) is 18.2 Å². The van der Waals surface area contributed by atoms with E-state index in [0.717, 1.165) is 25.3 Å². The average molecular weight is 533 g/mol. The molecule has 0 spiro atoms. The molecule has 1 aromatic heterocycles. The molecule has 0 bridgehead atoms. The summed E-state index contributed by atoms with van der Waals surface area (Å²) in [7, 11) is 1.12. The van der Waals surface area contributed by atoms with Gasteiger partial charge in [0.1, 0.15) is 29.1 Å². The van der Waals surface area contributed by atoms with Crippen LogP contribution in [0.4, 0.5) is 13.2 Å². The molecule has 0 aliphatic carbocycles. The Morgan fingerprint density at radius 3 is 2.33 bits per heavy atom. The Morgan fingerprint density at radius 1 is 0.972 bits per heavy atom. The number of methoxy groups -OCH3 is 1. The fourth-order valence-electron chi connectivity index (χ4n) is 3.88. The summed E-state index contributed by atoms with van der Waals surface area (Å²) >= 11 is 12.8. The summed E-state index contributed by atoms with van der Waals surface area (Å²) in [5.41, 5.74) is 1.14. The fourth-order valence-corrected chi connectivity index (χ4v) is 4.40. The van der Waals surface area contributed by atoms with Crippen LogP contribution in [0.25, 0.3) is 22.0 Å². The van der Waals surface area contributed by atoms with Crippen molar-refractivity contribution in [3.63, 3.8) is 0 Å². The number of rotatable bonds is 6. The highest BCUT2D eigenvalue weighted by atomic mass is 35.5. The maximum atomic E-state index is 14.1. The number of aromatic nitrogens is 1. The van der Waals surface area contributed by atoms with Crippen LogP contribution in [0.3, 0.4) is 0 Å². The van der Waals surface area contributed by atoms with Gasteiger partial charge in [-0.25, -0.2) is 18.0 Å². The van der Waals surface area contributed by atoms with Crippen molar-refractivity contribution in [3.05, 3.63) is 99.4 Å². The lowest BCUT2D eigenvalue weighted by molar-refractivity contribution is -0.142. The smallest absolute Gasteiger partial charge is 0.328 e. The maximum Gasteiger partial charge on any atom is 0.328 e. The first-order valence-corrected chi connectivity index (χ1v) is 11.3. The molecule has 3 aromatic carbocycles. The molecule has 184 valence electrons. The number of hydrogen-bond acceptors (Lipinski definition) is 4. The summed E-state index contributed by atoms with van der Waals surface area (Å²) < 4.78 is 46.6. The number of fused-ring (bicyclic) bond motifs is 1. The average Bonchev–Trinajstić information content (AvgIpc) is 2.83. The summed E-state index contributed by atoms with van der Waals surface area (Å²) in [4.78, 5) is 29.5. The van der Waals surface area contributed by atoms with E-state index >= 15 is 0 Å². The van der Waals surface area contributed by atoms with Crippen LogP contribution in [0.2, 0.25) is 10.0 Å². The van der Waals surface area contributed by atoms with Gasteiger partial charge in [-0.1, -0.05) is 41.4 Å². The summed E-state index contributed by atoms with van der Waals surface area (Å²) in [5.74, 6) is -4.60. The van der Waals surface area contributed by atoms with Gasteiger partial charge in [0.2, 0.25) is 0 Å². The minimum Gasteiger partial charge on any atom is -0.467 e. The Hall–Kier alpha value is -3.62. The third-order valence-corrected chi connectivity index (χ3v) is 6.18. The third kappa shape index (κ3) is 5.01.